The van der Waals surface area contributed by atoms with Crippen LogP contribution in [0.15, 0.2) is 18.2 Å². The minimum absolute atomic E-state index is 0.0587. The SMILES string of the molecule is O=C(NCCCN1CCCCC1)c1ccc2c(c1)CCN2. The van der Waals surface area contributed by atoms with Crippen LogP contribution in [-0.2, 0) is 6.42 Å². The molecule has 114 valence electrons. The minimum atomic E-state index is 0.0587. The third-order valence-electron chi connectivity index (χ3n) is 4.46. The van der Waals surface area contributed by atoms with E-state index in [0.29, 0.717) is 0 Å². The fraction of sp³-hybridized carbons (Fsp3) is 0.588. The van der Waals surface area contributed by atoms with Crippen molar-refractivity contribution in [2.24, 2.45) is 0 Å². The van der Waals surface area contributed by atoms with Gasteiger partial charge in [0.05, 0.1) is 0 Å². The van der Waals surface area contributed by atoms with Gasteiger partial charge >= 0.3 is 0 Å². The van der Waals surface area contributed by atoms with Crippen LogP contribution in [0.4, 0.5) is 5.69 Å². The maximum atomic E-state index is 12.2. The lowest BCUT2D eigenvalue weighted by Gasteiger charge is -2.26. The first-order valence-electron chi connectivity index (χ1n) is 8.20. The summed E-state index contributed by atoms with van der Waals surface area (Å²) in [6, 6.07) is 5.96. The lowest BCUT2D eigenvalue weighted by molar-refractivity contribution is 0.0951. The van der Waals surface area contributed by atoms with Crippen molar-refractivity contribution < 1.29 is 4.79 Å². The third-order valence-corrected chi connectivity index (χ3v) is 4.46. The number of benzene rings is 1. The molecule has 1 saturated heterocycles. The monoisotopic (exact) mass is 287 g/mol. The van der Waals surface area contributed by atoms with Gasteiger partial charge in [0, 0.05) is 24.3 Å². The van der Waals surface area contributed by atoms with Gasteiger partial charge in [0.2, 0.25) is 0 Å². The summed E-state index contributed by atoms with van der Waals surface area (Å²) >= 11 is 0. The van der Waals surface area contributed by atoms with E-state index in [-0.39, 0.29) is 5.91 Å². The lowest BCUT2D eigenvalue weighted by Crippen LogP contribution is -2.33. The first-order chi connectivity index (χ1) is 10.3. The topological polar surface area (TPSA) is 44.4 Å². The molecule has 21 heavy (non-hydrogen) atoms. The van der Waals surface area contributed by atoms with Gasteiger partial charge in [0.1, 0.15) is 0 Å². The Kier molecular flexibility index (Phi) is 4.76. The molecule has 1 fully saturated rings. The summed E-state index contributed by atoms with van der Waals surface area (Å²) in [5.74, 6) is 0.0587. The molecule has 0 saturated carbocycles. The van der Waals surface area contributed by atoms with Gasteiger partial charge in [0.15, 0.2) is 0 Å². The molecule has 0 bridgehead atoms. The van der Waals surface area contributed by atoms with Crippen LogP contribution >= 0.6 is 0 Å². The lowest BCUT2D eigenvalue weighted by atomic mass is 10.1. The van der Waals surface area contributed by atoms with E-state index in [2.05, 4.69) is 15.5 Å². The maximum Gasteiger partial charge on any atom is 0.251 e. The number of amides is 1. The average molecular weight is 287 g/mol. The van der Waals surface area contributed by atoms with Gasteiger partial charge in [-0.15, -0.1) is 0 Å². The van der Waals surface area contributed by atoms with Crippen LogP contribution in [0.3, 0.4) is 0 Å². The number of carbonyl (C=O) groups is 1. The van der Waals surface area contributed by atoms with E-state index in [9.17, 15) is 4.79 Å². The molecule has 1 aromatic rings. The van der Waals surface area contributed by atoms with Gasteiger partial charge in [-0.1, -0.05) is 6.42 Å². The zero-order chi connectivity index (χ0) is 14.5. The molecule has 2 aliphatic rings. The summed E-state index contributed by atoms with van der Waals surface area (Å²) in [4.78, 5) is 14.7. The maximum absolute atomic E-state index is 12.2. The number of piperidine rings is 1. The Morgan fingerprint density at radius 1 is 1.24 bits per heavy atom. The number of fused-ring (bicyclic) bond motifs is 1. The van der Waals surface area contributed by atoms with Crippen LogP contribution in [0.5, 0.6) is 0 Å². The van der Waals surface area contributed by atoms with E-state index < -0.39 is 0 Å². The standard InChI is InChI=1S/C17H25N3O/c21-17(15-5-6-16-14(13-15)7-9-18-16)19-8-4-12-20-10-2-1-3-11-20/h5-6,13,18H,1-4,7-12H2,(H,19,21). The molecule has 0 unspecified atom stereocenters. The highest BCUT2D eigenvalue weighted by Crippen LogP contribution is 2.22. The number of hydrogen-bond donors (Lipinski definition) is 2. The van der Waals surface area contributed by atoms with Crippen molar-refractivity contribution in [3.8, 4) is 0 Å². The van der Waals surface area contributed by atoms with Crippen LogP contribution in [0.2, 0.25) is 0 Å². The second kappa shape index (κ2) is 6.94. The molecular formula is C17H25N3O. The number of rotatable bonds is 5. The first-order valence-corrected chi connectivity index (χ1v) is 8.20. The number of nitrogens with one attached hydrogen (secondary N) is 2. The molecule has 1 amide bonds. The van der Waals surface area contributed by atoms with E-state index in [0.717, 1.165) is 38.0 Å². The van der Waals surface area contributed by atoms with Gasteiger partial charge < -0.3 is 15.5 Å². The average Bonchev–Trinajstić information content (AvgIpc) is 3.00. The van der Waals surface area contributed by atoms with E-state index in [1.807, 2.05) is 18.2 Å². The smallest absolute Gasteiger partial charge is 0.251 e. The summed E-state index contributed by atoms with van der Waals surface area (Å²) in [7, 11) is 0. The number of carbonyl (C=O) groups excluding carboxylic acids is 1. The van der Waals surface area contributed by atoms with E-state index in [1.54, 1.807) is 0 Å². The molecule has 0 aromatic heterocycles. The summed E-state index contributed by atoms with van der Waals surface area (Å²) < 4.78 is 0. The molecular weight excluding hydrogens is 262 g/mol. The van der Waals surface area contributed by atoms with Crippen LogP contribution in [0.1, 0.15) is 41.6 Å². The van der Waals surface area contributed by atoms with Crippen LogP contribution in [0.25, 0.3) is 0 Å². The molecule has 0 aliphatic carbocycles. The van der Waals surface area contributed by atoms with E-state index >= 15 is 0 Å². The Bertz CT molecular complexity index is 495. The highest BCUT2D eigenvalue weighted by Gasteiger charge is 2.13. The van der Waals surface area contributed by atoms with Crippen molar-refractivity contribution in [2.75, 3.05) is 38.0 Å². The fourth-order valence-electron chi connectivity index (χ4n) is 3.24. The summed E-state index contributed by atoms with van der Waals surface area (Å²) in [5.41, 5.74) is 3.23. The Balaban J connectivity index is 1.41. The van der Waals surface area contributed by atoms with E-state index in [4.69, 9.17) is 0 Å². The van der Waals surface area contributed by atoms with Gasteiger partial charge in [-0.25, -0.2) is 0 Å². The Hall–Kier alpha value is -1.55. The Labute approximate surface area is 126 Å². The van der Waals surface area contributed by atoms with Gasteiger partial charge in [-0.05, 0) is 69.1 Å². The van der Waals surface area contributed by atoms with Gasteiger partial charge in [0.25, 0.3) is 5.91 Å². The second-order valence-electron chi connectivity index (χ2n) is 6.06. The summed E-state index contributed by atoms with van der Waals surface area (Å²) in [6.45, 7) is 5.31. The zero-order valence-electron chi connectivity index (χ0n) is 12.7. The summed E-state index contributed by atoms with van der Waals surface area (Å²) in [6.07, 6.45) is 6.09. The van der Waals surface area contributed by atoms with Crippen molar-refractivity contribution in [2.45, 2.75) is 32.1 Å². The molecule has 0 radical (unpaired) electrons. The predicted molar refractivity (Wildman–Crippen MR) is 85.9 cm³/mol. The zero-order valence-corrected chi connectivity index (χ0v) is 12.7. The molecule has 0 spiro atoms. The third kappa shape index (κ3) is 3.76. The largest absolute Gasteiger partial charge is 0.384 e. The number of hydrogen-bond acceptors (Lipinski definition) is 3. The second-order valence-corrected chi connectivity index (χ2v) is 6.06. The molecule has 2 heterocycles. The van der Waals surface area contributed by atoms with Crippen molar-refractivity contribution in [1.29, 1.82) is 0 Å². The summed E-state index contributed by atoms with van der Waals surface area (Å²) in [5, 5.41) is 6.36. The Morgan fingerprint density at radius 2 is 2.10 bits per heavy atom. The Morgan fingerprint density at radius 3 is 2.95 bits per heavy atom. The van der Waals surface area contributed by atoms with Crippen LogP contribution < -0.4 is 10.6 Å². The molecule has 3 rings (SSSR count). The first kappa shape index (κ1) is 14.4. The molecule has 0 atom stereocenters. The van der Waals surface area contributed by atoms with Crippen LogP contribution in [-0.4, -0.2) is 43.5 Å². The van der Waals surface area contributed by atoms with Gasteiger partial charge in [-0.3, -0.25) is 4.79 Å². The van der Waals surface area contributed by atoms with Crippen molar-refractivity contribution >= 4 is 11.6 Å². The predicted octanol–water partition coefficient (Wildman–Crippen LogP) is 2.26. The minimum Gasteiger partial charge on any atom is -0.384 e. The highest BCUT2D eigenvalue weighted by molar-refractivity contribution is 5.95. The van der Waals surface area contributed by atoms with Crippen molar-refractivity contribution in [3.63, 3.8) is 0 Å². The molecule has 4 heteroatoms. The van der Waals surface area contributed by atoms with E-state index in [1.165, 1.54) is 43.6 Å². The number of likely N-dealkylation sites (tertiary alicyclic amines) is 1. The van der Waals surface area contributed by atoms with Crippen molar-refractivity contribution in [1.82, 2.24) is 10.2 Å². The fourth-order valence-corrected chi connectivity index (χ4v) is 3.24. The molecule has 1 aromatic carbocycles. The molecule has 2 N–H and O–H groups in total. The molecule has 4 nitrogen and oxygen atoms in total. The highest BCUT2D eigenvalue weighted by atomic mass is 16.1. The van der Waals surface area contributed by atoms with Gasteiger partial charge in [-0.2, -0.15) is 0 Å². The van der Waals surface area contributed by atoms with Crippen molar-refractivity contribution in [3.05, 3.63) is 29.3 Å². The number of anilines is 1. The number of nitrogens with zero attached hydrogens (tertiary/aromatic N) is 1. The quantitative estimate of drug-likeness (QED) is 0.817. The van der Waals surface area contributed by atoms with Crippen LogP contribution in [0, 0.1) is 0 Å². The normalized spacial score (nSPS) is 18.1. The molecule has 2 aliphatic heterocycles.